The zero-order valence-corrected chi connectivity index (χ0v) is 14.2. The quantitative estimate of drug-likeness (QED) is 0.425. The van der Waals surface area contributed by atoms with Crippen LogP contribution in [-0.2, 0) is 6.54 Å². The molecule has 0 saturated heterocycles. The van der Waals surface area contributed by atoms with E-state index in [-0.39, 0.29) is 0 Å². The Morgan fingerprint density at radius 1 is 1.04 bits per heavy atom. The maximum Gasteiger partial charge on any atom is 0.0640 e. The Morgan fingerprint density at radius 3 is 2.58 bits per heavy atom. The van der Waals surface area contributed by atoms with Crippen molar-refractivity contribution in [1.82, 2.24) is 0 Å². The van der Waals surface area contributed by atoms with Gasteiger partial charge in [-0.1, -0.05) is 91.6 Å². The minimum absolute atomic E-state index is 0.661. The first-order valence-corrected chi connectivity index (χ1v) is 8.00. The molecule has 0 unspecified atom stereocenters. The Bertz CT molecular complexity index is 832. The summed E-state index contributed by atoms with van der Waals surface area (Å²) in [5.74, 6) is 0. The van der Waals surface area contributed by atoms with E-state index in [2.05, 4.69) is 60.6 Å². The molecule has 1 nitrogen and oxygen atoms in total. The van der Waals surface area contributed by atoms with Crippen LogP contribution in [0.2, 0.25) is 0 Å². The molecule has 0 bridgehead atoms. The third-order valence-electron chi connectivity index (χ3n) is 3.61. The summed E-state index contributed by atoms with van der Waals surface area (Å²) in [6.45, 7) is 10.2. The van der Waals surface area contributed by atoms with Crippen molar-refractivity contribution in [3.8, 4) is 0 Å². The van der Waals surface area contributed by atoms with Crippen molar-refractivity contribution in [1.29, 1.82) is 0 Å². The van der Waals surface area contributed by atoms with Crippen molar-refractivity contribution in [2.75, 3.05) is 0 Å². The fourth-order valence-electron chi connectivity index (χ4n) is 2.21. The molecule has 24 heavy (non-hydrogen) atoms. The smallest absolute Gasteiger partial charge is 0.0640 e. The molecule has 120 valence electrons. The summed E-state index contributed by atoms with van der Waals surface area (Å²) in [5, 5.41) is 2.50. The number of allylic oxidation sites excluding steroid dienone is 8. The lowest BCUT2D eigenvalue weighted by Crippen LogP contribution is -1.85. The molecule has 0 aliphatic heterocycles. The Kier molecular flexibility index (Phi) is 6.73. The molecule has 1 heteroatoms. The van der Waals surface area contributed by atoms with Crippen LogP contribution in [0.4, 0.5) is 0 Å². The van der Waals surface area contributed by atoms with Crippen LogP contribution in [0.3, 0.4) is 0 Å². The number of aliphatic imine (C=N–C) groups is 1. The summed E-state index contributed by atoms with van der Waals surface area (Å²) in [6.07, 6.45) is 13.4. The van der Waals surface area contributed by atoms with Crippen LogP contribution < -0.4 is 0 Å². The third kappa shape index (κ3) is 5.36. The fourth-order valence-corrected chi connectivity index (χ4v) is 2.21. The van der Waals surface area contributed by atoms with Gasteiger partial charge in [0.1, 0.15) is 0 Å². The van der Waals surface area contributed by atoms with Gasteiger partial charge in [-0.2, -0.15) is 0 Å². The lowest BCUT2D eigenvalue weighted by Gasteiger charge is -2.01. The number of nitrogens with zero attached hydrogens (tertiary/aromatic N) is 1. The van der Waals surface area contributed by atoms with Gasteiger partial charge in [0.05, 0.1) is 6.54 Å². The molecule has 2 rings (SSSR count). The maximum atomic E-state index is 4.57. The molecule has 0 heterocycles. The molecule has 0 spiro atoms. The van der Waals surface area contributed by atoms with Crippen molar-refractivity contribution in [2.24, 2.45) is 4.99 Å². The highest BCUT2D eigenvalue weighted by atomic mass is 14.7. The largest absolute Gasteiger partial charge is 0.288 e. The van der Waals surface area contributed by atoms with Gasteiger partial charge in [0, 0.05) is 6.21 Å². The van der Waals surface area contributed by atoms with Crippen molar-refractivity contribution in [3.63, 3.8) is 0 Å². The number of hydrogen-bond acceptors (Lipinski definition) is 1. The molecule has 0 aliphatic rings. The number of fused-ring (bicyclic) bond motifs is 1. The average Bonchev–Trinajstić information content (AvgIpc) is 2.63. The van der Waals surface area contributed by atoms with Crippen molar-refractivity contribution >= 4 is 17.0 Å². The molecule has 0 N–H and O–H groups in total. The van der Waals surface area contributed by atoms with Crippen LogP contribution in [0.1, 0.15) is 12.5 Å². The Hall–Kier alpha value is -2.93. The molecule has 0 fully saturated rings. The Morgan fingerprint density at radius 2 is 1.83 bits per heavy atom. The molecule has 0 aromatic heterocycles. The van der Waals surface area contributed by atoms with Crippen molar-refractivity contribution < 1.29 is 0 Å². The van der Waals surface area contributed by atoms with Crippen LogP contribution >= 0.6 is 0 Å². The van der Waals surface area contributed by atoms with Gasteiger partial charge >= 0.3 is 0 Å². The highest BCUT2D eigenvalue weighted by molar-refractivity contribution is 5.84. The first kappa shape index (κ1) is 17.4. The summed E-state index contributed by atoms with van der Waals surface area (Å²) in [5.41, 5.74) is 3.34. The van der Waals surface area contributed by atoms with Gasteiger partial charge in [0.2, 0.25) is 0 Å². The monoisotopic (exact) mass is 313 g/mol. The van der Waals surface area contributed by atoms with Crippen LogP contribution in [0, 0.1) is 0 Å². The van der Waals surface area contributed by atoms with E-state index in [1.54, 1.807) is 6.08 Å². The maximum absolute atomic E-state index is 4.57. The molecule has 2 aromatic rings. The zero-order valence-electron chi connectivity index (χ0n) is 14.2. The second kappa shape index (κ2) is 9.26. The van der Waals surface area contributed by atoms with Crippen LogP contribution in [0.15, 0.2) is 108 Å². The van der Waals surface area contributed by atoms with E-state index in [0.29, 0.717) is 6.54 Å². The molecular formula is C23H23N. The predicted molar refractivity (Wildman–Crippen MR) is 108 cm³/mol. The number of hydrogen-bond donors (Lipinski definition) is 0. The fraction of sp³-hybridized carbons (Fsp3) is 0.0870. The molecule has 0 saturated carbocycles. The highest BCUT2D eigenvalue weighted by Gasteiger charge is 1.95. The first-order valence-electron chi connectivity index (χ1n) is 8.00. The van der Waals surface area contributed by atoms with E-state index < -0.39 is 0 Å². The first-order chi connectivity index (χ1) is 11.7. The summed E-state index contributed by atoms with van der Waals surface area (Å²) in [4.78, 5) is 4.57. The van der Waals surface area contributed by atoms with E-state index in [0.717, 1.165) is 11.1 Å². The average molecular weight is 313 g/mol. The molecular weight excluding hydrogens is 290 g/mol. The number of rotatable bonds is 7. The van der Waals surface area contributed by atoms with Crippen LogP contribution in [-0.4, -0.2) is 6.21 Å². The molecule has 0 amide bonds. The summed E-state index contributed by atoms with van der Waals surface area (Å²) >= 11 is 0. The standard InChI is InChI=1S/C23H23N/c1-4-6-9-20(13-12-19(3)5-2)17-24-18-21-14-15-22-10-7-8-11-23(22)16-21/h4-17H,1-2,18H2,3H3/b9-6+,19-12+,20-13+,24-17+. The van der Waals surface area contributed by atoms with Crippen molar-refractivity contribution in [3.05, 3.63) is 109 Å². The second-order valence-corrected chi connectivity index (χ2v) is 5.53. The predicted octanol–water partition coefficient (Wildman–Crippen LogP) is 6.21. The van der Waals surface area contributed by atoms with E-state index in [9.17, 15) is 0 Å². The van der Waals surface area contributed by atoms with Gasteiger partial charge < -0.3 is 0 Å². The Balaban J connectivity index is 2.14. The van der Waals surface area contributed by atoms with Gasteiger partial charge in [-0.3, -0.25) is 4.99 Å². The molecule has 0 atom stereocenters. The highest BCUT2D eigenvalue weighted by Crippen LogP contribution is 2.16. The van der Waals surface area contributed by atoms with Gasteiger partial charge in [0.15, 0.2) is 0 Å². The molecule has 0 radical (unpaired) electrons. The normalized spacial score (nSPS) is 13.0. The lowest BCUT2D eigenvalue weighted by molar-refractivity contribution is 1.08. The van der Waals surface area contributed by atoms with Crippen LogP contribution in [0.25, 0.3) is 10.8 Å². The van der Waals surface area contributed by atoms with E-state index in [4.69, 9.17) is 0 Å². The van der Waals surface area contributed by atoms with E-state index >= 15 is 0 Å². The summed E-state index contributed by atoms with van der Waals surface area (Å²) in [7, 11) is 0. The van der Waals surface area contributed by atoms with E-state index in [1.807, 2.05) is 43.5 Å². The van der Waals surface area contributed by atoms with Gasteiger partial charge in [-0.15, -0.1) is 0 Å². The van der Waals surface area contributed by atoms with E-state index in [1.165, 1.54) is 16.3 Å². The summed E-state index contributed by atoms with van der Waals surface area (Å²) < 4.78 is 0. The number of benzene rings is 2. The van der Waals surface area contributed by atoms with Gasteiger partial charge in [0.25, 0.3) is 0 Å². The second-order valence-electron chi connectivity index (χ2n) is 5.53. The molecule has 2 aromatic carbocycles. The zero-order chi connectivity index (χ0) is 17.2. The van der Waals surface area contributed by atoms with Crippen LogP contribution in [0.5, 0.6) is 0 Å². The minimum Gasteiger partial charge on any atom is -0.288 e. The SMILES string of the molecule is C=C/C=C/C(/C=N/Cc1ccc2ccccc2c1)=C\C=C(/C)C=C. The Labute approximate surface area is 144 Å². The molecule has 0 aliphatic carbocycles. The van der Waals surface area contributed by atoms with Gasteiger partial charge in [-0.25, -0.2) is 0 Å². The third-order valence-corrected chi connectivity index (χ3v) is 3.61. The topological polar surface area (TPSA) is 12.4 Å². The summed E-state index contributed by atoms with van der Waals surface area (Å²) in [6, 6.07) is 14.8. The minimum atomic E-state index is 0.661. The van der Waals surface area contributed by atoms with Crippen molar-refractivity contribution in [2.45, 2.75) is 13.5 Å². The van der Waals surface area contributed by atoms with Gasteiger partial charge in [-0.05, 0) is 34.9 Å². The lowest BCUT2D eigenvalue weighted by atomic mass is 10.1.